The number of unbranched alkanes of at least 4 members (excludes halogenated alkanes) is 1. The lowest BCUT2D eigenvalue weighted by Crippen LogP contribution is -2.51. The van der Waals surface area contributed by atoms with Crippen LogP contribution in [-0.2, 0) is 22.6 Å². The standard InChI is InChI=1S/C29H33FN2O2S/c1-3-4-18-31-29(34)27(19-23-10-6-5-7-11-23)32(20-24-12-8-9-13-26(24)30)28(33)21-35-25-16-14-22(2)15-17-25/h5-17,27H,3-4,18-21H2,1-2H3,(H,31,34)/t27-/m1/s1. The van der Waals surface area contributed by atoms with Gasteiger partial charge in [0.25, 0.3) is 0 Å². The van der Waals surface area contributed by atoms with E-state index in [4.69, 9.17) is 0 Å². The van der Waals surface area contributed by atoms with Crippen LogP contribution in [0.2, 0.25) is 0 Å². The Kier molecular flexibility index (Phi) is 10.4. The topological polar surface area (TPSA) is 49.4 Å². The predicted molar refractivity (Wildman–Crippen MR) is 141 cm³/mol. The van der Waals surface area contributed by atoms with Gasteiger partial charge in [-0.2, -0.15) is 0 Å². The van der Waals surface area contributed by atoms with Gasteiger partial charge in [0.1, 0.15) is 11.9 Å². The van der Waals surface area contributed by atoms with Gasteiger partial charge in [0.2, 0.25) is 11.8 Å². The van der Waals surface area contributed by atoms with Crippen LogP contribution in [-0.4, -0.2) is 35.1 Å². The smallest absolute Gasteiger partial charge is 0.243 e. The molecule has 2 amide bonds. The van der Waals surface area contributed by atoms with Gasteiger partial charge in [0.15, 0.2) is 0 Å². The van der Waals surface area contributed by atoms with E-state index in [1.165, 1.54) is 22.7 Å². The number of nitrogens with zero attached hydrogens (tertiary/aromatic N) is 1. The summed E-state index contributed by atoms with van der Waals surface area (Å²) in [6.07, 6.45) is 2.16. The molecule has 184 valence electrons. The molecule has 0 aliphatic rings. The minimum atomic E-state index is -0.750. The third-order valence-corrected chi connectivity index (χ3v) is 6.78. The molecule has 35 heavy (non-hydrogen) atoms. The van der Waals surface area contributed by atoms with Crippen molar-refractivity contribution >= 4 is 23.6 Å². The van der Waals surface area contributed by atoms with Gasteiger partial charge in [-0.05, 0) is 37.1 Å². The van der Waals surface area contributed by atoms with E-state index in [0.717, 1.165) is 28.9 Å². The highest BCUT2D eigenvalue weighted by Gasteiger charge is 2.30. The maximum atomic E-state index is 14.6. The second kappa shape index (κ2) is 13.7. The zero-order valence-corrected chi connectivity index (χ0v) is 21.2. The summed E-state index contributed by atoms with van der Waals surface area (Å²) in [5.74, 6) is -0.649. The molecule has 4 nitrogen and oxygen atoms in total. The van der Waals surface area contributed by atoms with Crippen molar-refractivity contribution in [3.05, 3.63) is 101 Å². The van der Waals surface area contributed by atoms with Crippen molar-refractivity contribution in [1.82, 2.24) is 10.2 Å². The summed E-state index contributed by atoms with van der Waals surface area (Å²) >= 11 is 1.42. The predicted octanol–water partition coefficient (Wildman–Crippen LogP) is 5.78. The lowest BCUT2D eigenvalue weighted by Gasteiger charge is -2.31. The normalized spacial score (nSPS) is 11.6. The molecular weight excluding hydrogens is 459 g/mol. The Morgan fingerprint density at radius 3 is 2.34 bits per heavy atom. The SMILES string of the molecule is CCCCNC(=O)[C@@H](Cc1ccccc1)N(Cc1ccccc1F)C(=O)CSc1ccc(C)cc1. The highest BCUT2D eigenvalue weighted by molar-refractivity contribution is 8.00. The summed E-state index contributed by atoms with van der Waals surface area (Å²) in [4.78, 5) is 29.4. The molecule has 0 aliphatic carbocycles. The summed E-state index contributed by atoms with van der Waals surface area (Å²) in [5, 5.41) is 2.99. The zero-order valence-electron chi connectivity index (χ0n) is 20.4. The van der Waals surface area contributed by atoms with Crippen LogP contribution in [0.4, 0.5) is 4.39 Å². The van der Waals surface area contributed by atoms with Gasteiger partial charge in [0, 0.05) is 30.0 Å². The fourth-order valence-corrected chi connectivity index (χ4v) is 4.52. The lowest BCUT2D eigenvalue weighted by atomic mass is 10.0. The maximum absolute atomic E-state index is 14.6. The molecule has 0 radical (unpaired) electrons. The van der Waals surface area contributed by atoms with Crippen LogP contribution < -0.4 is 5.32 Å². The van der Waals surface area contributed by atoms with Crippen molar-refractivity contribution in [2.45, 2.75) is 50.6 Å². The number of aryl methyl sites for hydroxylation is 1. The van der Waals surface area contributed by atoms with Crippen LogP contribution in [0.25, 0.3) is 0 Å². The third kappa shape index (κ3) is 8.25. The first-order chi connectivity index (χ1) is 17.0. The summed E-state index contributed by atoms with van der Waals surface area (Å²) < 4.78 is 14.6. The number of nitrogens with one attached hydrogen (secondary N) is 1. The van der Waals surface area contributed by atoms with Crippen molar-refractivity contribution < 1.29 is 14.0 Å². The van der Waals surface area contributed by atoms with Crippen molar-refractivity contribution in [3.8, 4) is 0 Å². The number of rotatable bonds is 12. The monoisotopic (exact) mass is 492 g/mol. The van der Waals surface area contributed by atoms with Crippen molar-refractivity contribution in [2.24, 2.45) is 0 Å². The first-order valence-electron chi connectivity index (χ1n) is 12.0. The molecule has 3 aromatic rings. The van der Waals surface area contributed by atoms with Crippen LogP contribution in [0.15, 0.2) is 83.8 Å². The summed E-state index contributed by atoms with van der Waals surface area (Å²) in [5.41, 5.74) is 2.48. The Morgan fingerprint density at radius 1 is 0.971 bits per heavy atom. The van der Waals surface area contributed by atoms with Gasteiger partial charge in [-0.1, -0.05) is 79.6 Å². The molecular formula is C29H33FN2O2S. The molecule has 1 N–H and O–H groups in total. The molecule has 0 saturated carbocycles. The Bertz CT molecular complexity index is 1090. The number of thioether (sulfide) groups is 1. The maximum Gasteiger partial charge on any atom is 0.243 e. The van der Waals surface area contributed by atoms with Crippen molar-refractivity contribution in [2.75, 3.05) is 12.3 Å². The third-order valence-electron chi connectivity index (χ3n) is 5.78. The number of carbonyl (C=O) groups excluding carboxylic acids is 2. The Morgan fingerprint density at radius 2 is 1.66 bits per heavy atom. The second-order valence-corrected chi connectivity index (χ2v) is 9.61. The fourth-order valence-electron chi connectivity index (χ4n) is 3.73. The van der Waals surface area contributed by atoms with E-state index in [2.05, 4.69) is 12.2 Å². The van der Waals surface area contributed by atoms with E-state index in [0.29, 0.717) is 18.5 Å². The number of benzene rings is 3. The van der Waals surface area contributed by atoms with E-state index in [1.54, 1.807) is 18.2 Å². The van der Waals surface area contributed by atoms with Gasteiger partial charge >= 0.3 is 0 Å². The lowest BCUT2D eigenvalue weighted by molar-refractivity contribution is -0.139. The summed E-state index contributed by atoms with van der Waals surface area (Å²) in [7, 11) is 0. The van der Waals surface area contributed by atoms with E-state index < -0.39 is 6.04 Å². The van der Waals surface area contributed by atoms with Gasteiger partial charge in [-0.15, -0.1) is 11.8 Å². The first-order valence-corrected chi connectivity index (χ1v) is 13.0. The van der Waals surface area contributed by atoms with Crippen LogP contribution in [0, 0.1) is 12.7 Å². The van der Waals surface area contributed by atoms with Gasteiger partial charge < -0.3 is 10.2 Å². The largest absolute Gasteiger partial charge is 0.354 e. The van der Waals surface area contributed by atoms with Crippen molar-refractivity contribution in [1.29, 1.82) is 0 Å². The quantitative estimate of drug-likeness (QED) is 0.257. The number of carbonyl (C=O) groups is 2. The molecule has 1 atom stereocenters. The molecule has 0 fully saturated rings. The highest BCUT2D eigenvalue weighted by Crippen LogP contribution is 2.22. The zero-order chi connectivity index (χ0) is 25.0. The van der Waals surface area contributed by atoms with Gasteiger partial charge in [-0.25, -0.2) is 4.39 Å². The average Bonchev–Trinajstić information content (AvgIpc) is 2.87. The van der Waals surface area contributed by atoms with E-state index in [1.807, 2.05) is 61.5 Å². The number of amides is 2. The molecule has 3 rings (SSSR count). The van der Waals surface area contributed by atoms with Crippen LogP contribution >= 0.6 is 11.8 Å². The molecule has 3 aromatic carbocycles. The number of halogens is 1. The molecule has 0 saturated heterocycles. The minimum Gasteiger partial charge on any atom is -0.354 e. The molecule has 0 heterocycles. The second-order valence-electron chi connectivity index (χ2n) is 8.56. The minimum absolute atomic E-state index is 0.0265. The summed E-state index contributed by atoms with van der Waals surface area (Å²) in [6.45, 7) is 4.64. The number of hydrogen-bond donors (Lipinski definition) is 1. The summed E-state index contributed by atoms with van der Waals surface area (Å²) in [6, 6.07) is 23.3. The molecule has 0 spiro atoms. The molecule has 0 aliphatic heterocycles. The molecule has 0 bridgehead atoms. The van der Waals surface area contributed by atoms with Gasteiger partial charge in [0.05, 0.1) is 5.75 Å². The Labute approximate surface area is 211 Å². The van der Waals surface area contributed by atoms with Gasteiger partial charge in [-0.3, -0.25) is 9.59 Å². The van der Waals surface area contributed by atoms with Crippen molar-refractivity contribution in [3.63, 3.8) is 0 Å². The van der Waals surface area contributed by atoms with Crippen LogP contribution in [0.5, 0.6) is 0 Å². The highest BCUT2D eigenvalue weighted by atomic mass is 32.2. The molecule has 6 heteroatoms. The van der Waals surface area contributed by atoms with E-state index in [9.17, 15) is 14.0 Å². The van der Waals surface area contributed by atoms with E-state index in [-0.39, 0.29) is 29.9 Å². The fraction of sp³-hybridized carbons (Fsp3) is 0.310. The van der Waals surface area contributed by atoms with Crippen LogP contribution in [0.1, 0.15) is 36.5 Å². The molecule has 0 unspecified atom stereocenters. The number of hydrogen-bond acceptors (Lipinski definition) is 3. The van der Waals surface area contributed by atoms with E-state index >= 15 is 0 Å². The van der Waals surface area contributed by atoms with Crippen LogP contribution in [0.3, 0.4) is 0 Å². The first kappa shape index (κ1) is 26.5. The Balaban J connectivity index is 1.88. The molecule has 0 aromatic heterocycles. The average molecular weight is 493 g/mol. The Hall–Kier alpha value is -3.12.